The van der Waals surface area contributed by atoms with Crippen LogP contribution in [0.15, 0.2) is 30.3 Å². The SMILES string of the molecule is C[C@@H](c1ccccc1)C1CCCCN1C(N)=O.Cl. The summed E-state index contributed by atoms with van der Waals surface area (Å²) in [5, 5.41) is 0. The quantitative estimate of drug-likeness (QED) is 0.880. The van der Waals surface area contributed by atoms with E-state index >= 15 is 0 Å². The average Bonchev–Trinajstić information content (AvgIpc) is 2.39. The number of nitrogens with zero attached hydrogens (tertiary/aromatic N) is 1. The van der Waals surface area contributed by atoms with E-state index in [0.717, 1.165) is 19.4 Å². The third kappa shape index (κ3) is 3.16. The molecule has 3 nitrogen and oxygen atoms in total. The molecular weight excluding hydrogens is 248 g/mol. The summed E-state index contributed by atoms with van der Waals surface area (Å²) in [4.78, 5) is 13.3. The number of halogens is 1. The highest BCUT2D eigenvalue weighted by Crippen LogP contribution is 2.29. The van der Waals surface area contributed by atoms with E-state index < -0.39 is 0 Å². The second kappa shape index (κ2) is 6.64. The molecule has 2 rings (SSSR count). The number of nitrogens with two attached hydrogens (primary N) is 1. The van der Waals surface area contributed by atoms with E-state index in [1.54, 1.807) is 0 Å². The number of urea groups is 1. The summed E-state index contributed by atoms with van der Waals surface area (Å²) in [5.74, 6) is 0.351. The third-order valence-corrected chi connectivity index (χ3v) is 3.73. The monoisotopic (exact) mass is 268 g/mol. The van der Waals surface area contributed by atoms with Gasteiger partial charge in [0.05, 0.1) is 0 Å². The van der Waals surface area contributed by atoms with Gasteiger partial charge in [0.2, 0.25) is 0 Å². The van der Waals surface area contributed by atoms with E-state index in [-0.39, 0.29) is 24.5 Å². The number of rotatable bonds is 2. The van der Waals surface area contributed by atoms with Gasteiger partial charge in [-0.05, 0) is 24.8 Å². The molecule has 0 saturated carbocycles. The Bertz CT molecular complexity index is 383. The van der Waals surface area contributed by atoms with E-state index in [1.165, 1.54) is 12.0 Å². The molecule has 1 saturated heterocycles. The minimum atomic E-state index is -0.280. The summed E-state index contributed by atoms with van der Waals surface area (Å²) in [6.07, 6.45) is 3.31. The van der Waals surface area contributed by atoms with Crippen molar-refractivity contribution in [3.63, 3.8) is 0 Å². The molecule has 0 aromatic heterocycles. The summed E-state index contributed by atoms with van der Waals surface area (Å²) < 4.78 is 0. The molecule has 2 atom stereocenters. The van der Waals surface area contributed by atoms with Crippen LogP contribution in [0, 0.1) is 0 Å². The van der Waals surface area contributed by atoms with Crippen LogP contribution in [0.4, 0.5) is 4.79 Å². The number of amides is 2. The molecule has 0 aliphatic carbocycles. The lowest BCUT2D eigenvalue weighted by molar-refractivity contribution is 0.147. The van der Waals surface area contributed by atoms with Crippen LogP contribution in [-0.2, 0) is 0 Å². The zero-order chi connectivity index (χ0) is 12.3. The third-order valence-electron chi connectivity index (χ3n) is 3.73. The number of carbonyl (C=O) groups is 1. The molecule has 1 aromatic rings. The molecule has 1 aliphatic rings. The van der Waals surface area contributed by atoms with E-state index in [2.05, 4.69) is 19.1 Å². The molecule has 0 spiro atoms. The van der Waals surface area contributed by atoms with Crippen LogP contribution in [0.1, 0.15) is 37.7 Å². The largest absolute Gasteiger partial charge is 0.351 e. The second-order valence-corrected chi connectivity index (χ2v) is 4.79. The Labute approximate surface area is 115 Å². The Kier molecular flexibility index (Phi) is 5.48. The lowest BCUT2D eigenvalue weighted by atomic mass is 9.87. The van der Waals surface area contributed by atoms with E-state index in [0.29, 0.717) is 5.92 Å². The first-order valence-corrected chi connectivity index (χ1v) is 6.31. The highest BCUT2D eigenvalue weighted by Gasteiger charge is 2.30. The molecule has 1 aromatic carbocycles. The molecule has 1 fully saturated rings. The highest BCUT2D eigenvalue weighted by molar-refractivity contribution is 5.85. The minimum absolute atomic E-state index is 0. The average molecular weight is 269 g/mol. The van der Waals surface area contributed by atoms with Crippen molar-refractivity contribution in [1.82, 2.24) is 4.90 Å². The van der Waals surface area contributed by atoms with Crippen LogP contribution in [-0.4, -0.2) is 23.5 Å². The Hall–Kier alpha value is -1.22. The maximum absolute atomic E-state index is 11.4. The number of primary amides is 1. The van der Waals surface area contributed by atoms with Crippen LogP contribution in [0.2, 0.25) is 0 Å². The molecule has 100 valence electrons. The Morgan fingerprint density at radius 1 is 1.33 bits per heavy atom. The number of carbonyl (C=O) groups excluding carboxylic acids is 1. The highest BCUT2D eigenvalue weighted by atomic mass is 35.5. The van der Waals surface area contributed by atoms with Gasteiger partial charge in [-0.15, -0.1) is 12.4 Å². The van der Waals surface area contributed by atoms with Crippen LogP contribution < -0.4 is 5.73 Å². The summed E-state index contributed by atoms with van der Waals surface area (Å²) in [6, 6.07) is 10.3. The fraction of sp³-hybridized carbons (Fsp3) is 0.500. The van der Waals surface area contributed by atoms with Gasteiger partial charge in [0, 0.05) is 18.5 Å². The van der Waals surface area contributed by atoms with Gasteiger partial charge in [-0.1, -0.05) is 37.3 Å². The number of piperidine rings is 1. The van der Waals surface area contributed by atoms with Gasteiger partial charge < -0.3 is 10.6 Å². The second-order valence-electron chi connectivity index (χ2n) is 4.79. The molecule has 1 unspecified atom stereocenters. The topological polar surface area (TPSA) is 46.3 Å². The van der Waals surface area contributed by atoms with Gasteiger partial charge >= 0.3 is 6.03 Å². The van der Waals surface area contributed by atoms with Crippen molar-refractivity contribution in [3.8, 4) is 0 Å². The number of hydrogen-bond donors (Lipinski definition) is 1. The lowest BCUT2D eigenvalue weighted by Gasteiger charge is -2.38. The van der Waals surface area contributed by atoms with Gasteiger partial charge in [-0.3, -0.25) is 0 Å². The smallest absolute Gasteiger partial charge is 0.315 e. The summed E-state index contributed by atoms with van der Waals surface area (Å²) in [5.41, 5.74) is 6.74. The fourth-order valence-electron chi connectivity index (χ4n) is 2.73. The molecule has 2 amide bonds. The first-order chi connectivity index (χ1) is 8.20. The molecule has 1 heterocycles. The maximum atomic E-state index is 11.4. The Morgan fingerprint density at radius 3 is 2.61 bits per heavy atom. The molecule has 1 aliphatic heterocycles. The molecular formula is C14H21ClN2O. The van der Waals surface area contributed by atoms with Crippen molar-refractivity contribution in [2.24, 2.45) is 5.73 Å². The molecule has 2 N–H and O–H groups in total. The van der Waals surface area contributed by atoms with Crippen LogP contribution in [0.3, 0.4) is 0 Å². The Morgan fingerprint density at radius 2 is 2.00 bits per heavy atom. The van der Waals surface area contributed by atoms with Gasteiger partial charge in [0.15, 0.2) is 0 Å². The predicted molar refractivity (Wildman–Crippen MR) is 76.0 cm³/mol. The van der Waals surface area contributed by atoms with E-state index in [9.17, 15) is 4.79 Å². The van der Waals surface area contributed by atoms with Gasteiger partial charge in [0.25, 0.3) is 0 Å². The van der Waals surface area contributed by atoms with Crippen molar-refractivity contribution >= 4 is 18.4 Å². The normalized spacial score (nSPS) is 20.9. The van der Waals surface area contributed by atoms with Crippen molar-refractivity contribution in [3.05, 3.63) is 35.9 Å². The van der Waals surface area contributed by atoms with Gasteiger partial charge in [-0.25, -0.2) is 4.79 Å². The molecule has 0 bridgehead atoms. The van der Waals surface area contributed by atoms with Crippen molar-refractivity contribution < 1.29 is 4.79 Å². The van der Waals surface area contributed by atoms with E-state index in [4.69, 9.17) is 5.73 Å². The van der Waals surface area contributed by atoms with Crippen LogP contribution >= 0.6 is 12.4 Å². The summed E-state index contributed by atoms with van der Waals surface area (Å²) in [7, 11) is 0. The maximum Gasteiger partial charge on any atom is 0.315 e. The van der Waals surface area contributed by atoms with Crippen molar-refractivity contribution in [2.45, 2.75) is 38.1 Å². The first kappa shape index (κ1) is 14.8. The fourth-order valence-corrected chi connectivity index (χ4v) is 2.73. The van der Waals surface area contributed by atoms with Crippen molar-refractivity contribution in [1.29, 1.82) is 0 Å². The van der Waals surface area contributed by atoms with E-state index in [1.807, 2.05) is 23.1 Å². The lowest BCUT2D eigenvalue weighted by Crippen LogP contribution is -2.48. The Balaban J connectivity index is 0.00000162. The summed E-state index contributed by atoms with van der Waals surface area (Å²) in [6.45, 7) is 2.98. The first-order valence-electron chi connectivity index (χ1n) is 6.31. The minimum Gasteiger partial charge on any atom is -0.351 e. The zero-order valence-electron chi connectivity index (χ0n) is 10.7. The van der Waals surface area contributed by atoms with Crippen molar-refractivity contribution in [2.75, 3.05) is 6.54 Å². The molecule has 18 heavy (non-hydrogen) atoms. The summed E-state index contributed by atoms with van der Waals surface area (Å²) >= 11 is 0. The van der Waals surface area contributed by atoms with Gasteiger partial charge in [-0.2, -0.15) is 0 Å². The zero-order valence-corrected chi connectivity index (χ0v) is 11.5. The number of hydrogen-bond acceptors (Lipinski definition) is 1. The van der Waals surface area contributed by atoms with Crippen LogP contribution in [0.5, 0.6) is 0 Å². The number of benzene rings is 1. The van der Waals surface area contributed by atoms with Gasteiger partial charge in [0.1, 0.15) is 0 Å². The molecule has 0 radical (unpaired) electrons. The predicted octanol–water partition coefficient (Wildman–Crippen LogP) is 3.15. The molecule has 4 heteroatoms. The number of likely N-dealkylation sites (tertiary alicyclic amines) is 1. The van der Waals surface area contributed by atoms with Crippen LogP contribution in [0.25, 0.3) is 0 Å². The standard InChI is InChI=1S/C14H20N2O.ClH/c1-11(12-7-3-2-4-8-12)13-9-5-6-10-16(13)14(15)17;/h2-4,7-8,11,13H,5-6,9-10H2,1H3,(H2,15,17);1H/t11-,13?;/m0./s1.